The van der Waals surface area contributed by atoms with Gasteiger partial charge in [0.25, 0.3) is 0 Å². The van der Waals surface area contributed by atoms with E-state index in [0.29, 0.717) is 16.5 Å². The third kappa shape index (κ3) is 3.05. The molecule has 0 N–H and O–H groups in total. The maximum absolute atomic E-state index is 11.1. The normalized spacial score (nSPS) is 12.2. The second-order valence-corrected chi connectivity index (χ2v) is 5.22. The van der Waals surface area contributed by atoms with Crippen LogP contribution < -0.4 is 0 Å². The summed E-state index contributed by atoms with van der Waals surface area (Å²) in [5, 5.41) is 0.585. The molecule has 0 aliphatic carbocycles. The van der Waals surface area contributed by atoms with Crippen LogP contribution in [0.3, 0.4) is 0 Å². The zero-order valence-electron chi connectivity index (χ0n) is 11.2. The van der Waals surface area contributed by atoms with Crippen LogP contribution in [-0.4, -0.2) is 6.29 Å². The van der Waals surface area contributed by atoms with Crippen LogP contribution in [0.5, 0.6) is 0 Å². The van der Waals surface area contributed by atoms with Gasteiger partial charge in [-0.2, -0.15) is 0 Å². The average molecular weight is 273 g/mol. The van der Waals surface area contributed by atoms with Crippen molar-refractivity contribution in [2.24, 2.45) is 0 Å². The van der Waals surface area contributed by atoms with Crippen LogP contribution in [0.2, 0.25) is 5.02 Å². The lowest BCUT2D eigenvalue weighted by Crippen LogP contribution is -1.92. The Balaban J connectivity index is 2.40. The SMILES string of the molecule is CCC(C)c1ccc(-c2ccc(Cl)cc2C=O)cc1. The van der Waals surface area contributed by atoms with Gasteiger partial charge in [0.2, 0.25) is 0 Å². The molecule has 0 aliphatic rings. The molecule has 0 spiro atoms. The molecule has 1 nitrogen and oxygen atoms in total. The van der Waals surface area contributed by atoms with E-state index in [2.05, 4.69) is 38.1 Å². The first kappa shape index (κ1) is 13.8. The largest absolute Gasteiger partial charge is 0.298 e. The van der Waals surface area contributed by atoms with Gasteiger partial charge in [0.05, 0.1) is 0 Å². The van der Waals surface area contributed by atoms with E-state index in [1.807, 2.05) is 12.1 Å². The molecular formula is C17H17ClO. The lowest BCUT2D eigenvalue weighted by molar-refractivity contribution is 0.112. The van der Waals surface area contributed by atoms with E-state index < -0.39 is 0 Å². The minimum atomic E-state index is 0.560. The summed E-state index contributed by atoms with van der Waals surface area (Å²) in [7, 11) is 0. The van der Waals surface area contributed by atoms with Crippen LogP contribution in [0.4, 0.5) is 0 Å². The highest BCUT2D eigenvalue weighted by Crippen LogP contribution is 2.27. The van der Waals surface area contributed by atoms with Crippen molar-refractivity contribution in [2.75, 3.05) is 0 Å². The molecule has 0 saturated carbocycles. The Hall–Kier alpha value is -1.60. The first-order chi connectivity index (χ1) is 9.15. The van der Waals surface area contributed by atoms with Crippen molar-refractivity contribution in [3.8, 4) is 11.1 Å². The van der Waals surface area contributed by atoms with Gasteiger partial charge in [0.15, 0.2) is 6.29 Å². The van der Waals surface area contributed by atoms with Gasteiger partial charge in [0.1, 0.15) is 0 Å². The summed E-state index contributed by atoms with van der Waals surface area (Å²) in [4.78, 5) is 11.1. The molecule has 2 aromatic rings. The van der Waals surface area contributed by atoms with Crippen LogP contribution in [0.1, 0.15) is 42.1 Å². The van der Waals surface area contributed by atoms with Gasteiger partial charge >= 0.3 is 0 Å². The summed E-state index contributed by atoms with van der Waals surface area (Å²) in [6, 6.07) is 13.8. The molecule has 2 heteroatoms. The fraction of sp³-hybridized carbons (Fsp3) is 0.235. The van der Waals surface area contributed by atoms with Gasteiger partial charge in [-0.05, 0) is 41.2 Å². The number of hydrogen-bond donors (Lipinski definition) is 0. The quantitative estimate of drug-likeness (QED) is 0.687. The summed E-state index contributed by atoms with van der Waals surface area (Å²) >= 11 is 5.91. The number of carbonyl (C=O) groups excluding carboxylic acids is 1. The van der Waals surface area contributed by atoms with Gasteiger partial charge in [-0.15, -0.1) is 0 Å². The highest BCUT2D eigenvalue weighted by Gasteiger charge is 2.07. The number of aldehydes is 1. The maximum atomic E-state index is 11.1. The average Bonchev–Trinajstić information content (AvgIpc) is 2.46. The number of carbonyl (C=O) groups is 1. The third-order valence-corrected chi connectivity index (χ3v) is 3.78. The van der Waals surface area contributed by atoms with Crippen molar-refractivity contribution in [3.05, 3.63) is 58.6 Å². The Bertz CT molecular complexity index is 572. The minimum absolute atomic E-state index is 0.560. The van der Waals surface area contributed by atoms with Crippen LogP contribution in [0.15, 0.2) is 42.5 Å². The molecule has 0 bridgehead atoms. The molecule has 2 aromatic carbocycles. The molecule has 1 atom stereocenters. The summed E-state index contributed by atoms with van der Waals surface area (Å²) in [6.07, 6.45) is 1.98. The number of halogens is 1. The second-order valence-electron chi connectivity index (χ2n) is 4.78. The smallest absolute Gasteiger partial charge is 0.150 e. The van der Waals surface area contributed by atoms with Gasteiger partial charge < -0.3 is 0 Å². The topological polar surface area (TPSA) is 17.1 Å². The second kappa shape index (κ2) is 6.03. The Morgan fingerprint density at radius 3 is 2.42 bits per heavy atom. The molecule has 0 amide bonds. The van der Waals surface area contributed by atoms with E-state index in [1.54, 1.807) is 6.07 Å². The molecule has 1 unspecified atom stereocenters. The van der Waals surface area contributed by atoms with Crippen LogP contribution in [0.25, 0.3) is 11.1 Å². The Morgan fingerprint density at radius 2 is 1.84 bits per heavy atom. The lowest BCUT2D eigenvalue weighted by Gasteiger charge is -2.11. The summed E-state index contributed by atoms with van der Waals surface area (Å²) in [6.45, 7) is 4.40. The van der Waals surface area contributed by atoms with Crippen LogP contribution >= 0.6 is 11.6 Å². The van der Waals surface area contributed by atoms with E-state index in [1.165, 1.54) is 5.56 Å². The van der Waals surface area contributed by atoms with Crippen molar-refractivity contribution >= 4 is 17.9 Å². The Kier molecular flexibility index (Phi) is 4.39. The molecule has 0 saturated heterocycles. The van der Waals surface area contributed by atoms with E-state index in [9.17, 15) is 4.79 Å². The first-order valence-electron chi connectivity index (χ1n) is 6.50. The monoisotopic (exact) mass is 272 g/mol. The number of benzene rings is 2. The van der Waals surface area contributed by atoms with Gasteiger partial charge in [-0.3, -0.25) is 4.79 Å². The van der Waals surface area contributed by atoms with Crippen molar-refractivity contribution in [1.29, 1.82) is 0 Å². The highest BCUT2D eigenvalue weighted by molar-refractivity contribution is 6.31. The summed E-state index contributed by atoms with van der Waals surface area (Å²) in [5.41, 5.74) is 3.93. The van der Waals surface area contributed by atoms with E-state index in [0.717, 1.165) is 23.8 Å². The van der Waals surface area contributed by atoms with Crippen molar-refractivity contribution in [1.82, 2.24) is 0 Å². The van der Waals surface area contributed by atoms with Crippen molar-refractivity contribution < 1.29 is 4.79 Å². The fourth-order valence-corrected chi connectivity index (χ4v) is 2.30. The first-order valence-corrected chi connectivity index (χ1v) is 6.88. The third-order valence-electron chi connectivity index (χ3n) is 3.54. The number of rotatable bonds is 4. The Labute approximate surface area is 119 Å². The van der Waals surface area contributed by atoms with E-state index in [4.69, 9.17) is 11.6 Å². The molecular weight excluding hydrogens is 256 g/mol. The molecule has 0 fully saturated rings. The maximum Gasteiger partial charge on any atom is 0.150 e. The zero-order chi connectivity index (χ0) is 13.8. The molecule has 0 heterocycles. The minimum Gasteiger partial charge on any atom is -0.298 e. The number of hydrogen-bond acceptors (Lipinski definition) is 1. The van der Waals surface area contributed by atoms with Gasteiger partial charge in [-0.25, -0.2) is 0 Å². The van der Waals surface area contributed by atoms with Crippen molar-refractivity contribution in [2.45, 2.75) is 26.2 Å². The highest BCUT2D eigenvalue weighted by atomic mass is 35.5. The van der Waals surface area contributed by atoms with Crippen molar-refractivity contribution in [3.63, 3.8) is 0 Å². The lowest BCUT2D eigenvalue weighted by atomic mass is 9.94. The van der Waals surface area contributed by atoms with Gasteiger partial charge in [0, 0.05) is 10.6 Å². The predicted octanol–water partition coefficient (Wildman–Crippen LogP) is 5.33. The Morgan fingerprint density at radius 1 is 1.16 bits per heavy atom. The van der Waals surface area contributed by atoms with E-state index >= 15 is 0 Å². The summed E-state index contributed by atoms with van der Waals surface area (Å²) in [5.74, 6) is 0.560. The molecule has 19 heavy (non-hydrogen) atoms. The molecule has 0 radical (unpaired) electrons. The van der Waals surface area contributed by atoms with Gasteiger partial charge in [-0.1, -0.05) is 55.8 Å². The summed E-state index contributed by atoms with van der Waals surface area (Å²) < 4.78 is 0. The molecule has 0 aromatic heterocycles. The fourth-order valence-electron chi connectivity index (χ4n) is 2.12. The van der Waals surface area contributed by atoms with E-state index in [-0.39, 0.29) is 0 Å². The van der Waals surface area contributed by atoms with Crippen LogP contribution in [0, 0.1) is 0 Å². The zero-order valence-corrected chi connectivity index (χ0v) is 11.9. The predicted molar refractivity (Wildman–Crippen MR) is 81.0 cm³/mol. The molecule has 2 rings (SSSR count). The molecule has 98 valence electrons. The standard InChI is InChI=1S/C17H17ClO/c1-3-12(2)13-4-6-14(7-5-13)17-9-8-16(18)10-15(17)11-19/h4-12H,3H2,1-2H3. The van der Waals surface area contributed by atoms with Crippen LogP contribution in [-0.2, 0) is 0 Å². The molecule has 0 aliphatic heterocycles.